The van der Waals surface area contributed by atoms with Crippen molar-refractivity contribution < 1.29 is 0 Å². The minimum atomic E-state index is -0.0625. The fraction of sp³-hybridized carbons (Fsp3) is 1.00. The summed E-state index contributed by atoms with van der Waals surface area (Å²) in [5, 5.41) is 0. The minimum absolute atomic E-state index is 0.0625. The zero-order valence-corrected chi connectivity index (χ0v) is 10.8. The van der Waals surface area contributed by atoms with Crippen LogP contribution in [0.25, 0.3) is 0 Å². The zero-order valence-electron chi connectivity index (χ0n) is 10.8. The van der Waals surface area contributed by atoms with Crippen LogP contribution < -0.4 is 5.73 Å². The normalized spacial score (nSPS) is 22.0. The predicted molar refractivity (Wildman–Crippen MR) is 66.0 cm³/mol. The van der Waals surface area contributed by atoms with Crippen molar-refractivity contribution in [3.8, 4) is 0 Å². The molecule has 3 heteroatoms. The van der Waals surface area contributed by atoms with Crippen molar-refractivity contribution in [2.75, 3.05) is 32.7 Å². The first-order chi connectivity index (χ1) is 6.88. The summed E-state index contributed by atoms with van der Waals surface area (Å²) in [5.41, 5.74) is 5.99. The van der Waals surface area contributed by atoms with E-state index in [4.69, 9.17) is 5.73 Å². The van der Waals surface area contributed by atoms with Gasteiger partial charge < -0.3 is 10.6 Å². The fourth-order valence-electron chi connectivity index (χ4n) is 2.24. The lowest BCUT2D eigenvalue weighted by molar-refractivity contribution is 0.205. The van der Waals surface area contributed by atoms with Gasteiger partial charge in [0.05, 0.1) is 0 Å². The highest BCUT2D eigenvalue weighted by molar-refractivity contribution is 4.80. The average molecular weight is 213 g/mol. The van der Waals surface area contributed by atoms with E-state index < -0.39 is 0 Å². The Balaban J connectivity index is 2.39. The molecule has 2 N–H and O–H groups in total. The largest absolute Gasteiger partial charge is 0.324 e. The van der Waals surface area contributed by atoms with Crippen LogP contribution in [0.15, 0.2) is 0 Å². The van der Waals surface area contributed by atoms with Gasteiger partial charge in [-0.15, -0.1) is 0 Å². The van der Waals surface area contributed by atoms with E-state index >= 15 is 0 Å². The molecule has 1 rings (SSSR count). The van der Waals surface area contributed by atoms with Gasteiger partial charge in [-0.25, -0.2) is 0 Å². The van der Waals surface area contributed by atoms with Crippen LogP contribution in [-0.2, 0) is 0 Å². The second-order valence-electron chi connectivity index (χ2n) is 5.75. The van der Waals surface area contributed by atoms with Gasteiger partial charge in [-0.3, -0.25) is 4.90 Å². The van der Waals surface area contributed by atoms with E-state index in [1.165, 1.54) is 32.6 Å². The molecule has 90 valence electrons. The van der Waals surface area contributed by atoms with E-state index in [1.54, 1.807) is 0 Å². The van der Waals surface area contributed by atoms with Gasteiger partial charge in [-0.1, -0.05) is 0 Å². The second kappa shape index (κ2) is 5.28. The van der Waals surface area contributed by atoms with Crippen molar-refractivity contribution in [1.29, 1.82) is 0 Å². The highest BCUT2D eigenvalue weighted by atomic mass is 15.2. The third-order valence-electron chi connectivity index (χ3n) is 2.98. The molecule has 0 atom stereocenters. The van der Waals surface area contributed by atoms with Crippen molar-refractivity contribution >= 4 is 0 Å². The molecular formula is C12H27N3. The molecule has 0 amide bonds. The topological polar surface area (TPSA) is 32.5 Å². The fourth-order valence-corrected chi connectivity index (χ4v) is 2.24. The van der Waals surface area contributed by atoms with Crippen molar-refractivity contribution in [3.05, 3.63) is 0 Å². The molecule has 0 spiro atoms. The van der Waals surface area contributed by atoms with Crippen LogP contribution in [0, 0.1) is 0 Å². The molecule has 0 saturated carbocycles. The Bertz CT molecular complexity index is 184. The maximum Gasteiger partial charge on any atom is 0.0226 e. The summed E-state index contributed by atoms with van der Waals surface area (Å²) in [6.07, 6.45) is 1.27. The van der Waals surface area contributed by atoms with Crippen LogP contribution in [0.5, 0.6) is 0 Å². The molecule has 15 heavy (non-hydrogen) atoms. The first kappa shape index (κ1) is 12.9. The number of nitrogens with two attached hydrogens (primary N) is 1. The minimum Gasteiger partial charge on any atom is -0.324 e. The van der Waals surface area contributed by atoms with Gasteiger partial charge in [0.2, 0.25) is 0 Å². The van der Waals surface area contributed by atoms with Crippen molar-refractivity contribution in [3.63, 3.8) is 0 Å². The third kappa shape index (κ3) is 4.96. The van der Waals surface area contributed by atoms with Gasteiger partial charge in [0.1, 0.15) is 0 Å². The number of nitrogens with zero attached hydrogens (tertiary/aromatic N) is 2. The molecule has 0 unspecified atom stereocenters. The molecule has 1 aliphatic heterocycles. The zero-order chi connectivity index (χ0) is 11.5. The van der Waals surface area contributed by atoms with Crippen LogP contribution in [0.1, 0.15) is 34.1 Å². The van der Waals surface area contributed by atoms with Gasteiger partial charge in [0.25, 0.3) is 0 Å². The average Bonchev–Trinajstić information content (AvgIpc) is 2.26. The van der Waals surface area contributed by atoms with Crippen LogP contribution in [-0.4, -0.2) is 54.1 Å². The quantitative estimate of drug-likeness (QED) is 0.763. The van der Waals surface area contributed by atoms with E-state index in [2.05, 4.69) is 37.5 Å². The standard InChI is InChI=1S/C12H27N3/c1-11(2)15-7-5-6-14(8-9-15)10-12(3,4)13/h11H,5-10,13H2,1-4H3. The second-order valence-corrected chi connectivity index (χ2v) is 5.75. The lowest BCUT2D eigenvalue weighted by atomic mass is 10.1. The maximum atomic E-state index is 6.06. The predicted octanol–water partition coefficient (Wildman–Crippen LogP) is 1.14. The number of hydrogen-bond donors (Lipinski definition) is 1. The van der Waals surface area contributed by atoms with Crippen molar-refractivity contribution in [1.82, 2.24) is 9.80 Å². The molecule has 0 radical (unpaired) electrons. The van der Waals surface area contributed by atoms with Crippen LogP contribution in [0.4, 0.5) is 0 Å². The number of rotatable bonds is 3. The Kier molecular flexibility index (Phi) is 4.56. The van der Waals surface area contributed by atoms with E-state index in [0.29, 0.717) is 6.04 Å². The lowest BCUT2D eigenvalue weighted by Crippen LogP contribution is -2.46. The van der Waals surface area contributed by atoms with Gasteiger partial charge in [-0.05, 0) is 47.2 Å². The first-order valence-electron chi connectivity index (χ1n) is 6.14. The monoisotopic (exact) mass is 213 g/mol. The van der Waals surface area contributed by atoms with Crippen LogP contribution >= 0.6 is 0 Å². The summed E-state index contributed by atoms with van der Waals surface area (Å²) >= 11 is 0. The molecule has 0 aromatic rings. The molecule has 1 saturated heterocycles. The van der Waals surface area contributed by atoms with Gasteiger partial charge >= 0.3 is 0 Å². The molecule has 1 fully saturated rings. The van der Waals surface area contributed by atoms with Gasteiger partial charge in [-0.2, -0.15) is 0 Å². The van der Waals surface area contributed by atoms with Crippen LogP contribution in [0.3, 0.4) is 0 Å². The molecule has 1 heterocycles. The Morgan fingerprint density at radius 3 is 2.33 bits per heavy atom. The Labute approximate surface area is 94.6 Å². The van der Waals surface area contributed by atoms with Crippen molar-refractivity contribution in [2.24, 2.45) is 5.73 Å². The molecular weight excluding hydrogens is 186 g/mol. The van der Waals surface area contributed by atoms with Gasteiger partial charge in [0, 0.05) is 31.2 Å². The third-order valence-corrected chi connectivity index (χ3v) is 2.98. The summed E-state index contributed by atoms with van der Waals surface area (Å²) in [6.45, 7) is 14.6. The molecule has 0 aromatic carbocycles. The highest BCUT2D eigenvalue weighted by Crippen LogP contribution is 2.09. The Hall–Kier alpha value is -0.120. The SMILES string of the molecule is CC(C)N1CCCN(CC(C)(C)N)CC1. The van der Waals surface area contributed by atoms with Crippen LogP contribution in [0.2, 0.25) is 0 Å². The smallest absolute Gasteiger partial charge is 0.0226 e. The summed E-state index contributed by atoms with van der Waals surface area (Å²) in [4.78, 5) is 5.06. The van der Waals surface area contributed by atoms with Gasteiger partial charge in [0.15, 0.2) is 0 Å². The maximum absolute atomic E-state index is 6.06. The summed E-state index contributed by atoms with van der Waals surface area (Å²) in [5.74, 6) is 0. The lowest BCUT2D eigenvalue weighted by Gasteiger charge is -2.29. The summed E-state index contributed by atoms with van der Waals surface area (Å²) in [6, 6.07) is 0.677. The highest BCUT2D eigenvalue weighted by Gasteiger charge is 2.20. The van der Waals surface area contributed by atoms with E-state index in [0.717, 1.165) is 6.54 Å². The van der Waals surface area contributed by atoms with Crippen molar-refractivity contribution in [2.45, 2.75) is 45.7 Å². The summed E-state index contributed by atoms with van der Waals surface area (Å²) in [7, 11) is 0. The molecule has 0 aliphatic carbocycles. The molecule has 1 aliphatic rings. The summed E-state index contributed by atoms with van der Waals surface area (Å²) < 4.78 is 0. The Morgan fingerprint density at radius 1 is 1.13 bits per heavy atom. The van der Waals surface area contributed by atoms with E-state index in [1.807, 2.05) is 0 Å². The molecule has 3 nitrogen and oxygen atoms in total. The number of hydrogen-bond acceptors (Lipinski definition) is 3. The van der Waals surface area contributed by atoms with E-state index in [9.17, 15) is 0 Å². The molecule has 0 aromatic heterocycles. The molecule has 0 bridgehead atoms. The Morgan fingerprint density at radius 2 is 1.80 bits per heavy atom. The van der Waals surface area contributed by atoms with E-state index in [-0.39, 0.29) is 5.54 Å². The first-order valence-corrected chi connectivity index (χ1v) is 6.14.